The van der Waals surface area contributed by atoms with Crippen LogP contribution in [0.2, 0.25) is 0 Å². The Labute approximate surface area is 121 Å². The summed E-state index contributed by atoms with van der Waals surface area (Å²) >= 11 is 1.54. The van der Waals surface area contributed by atoms with Crippen LogP contribution in [0.15, 0.2) is 5.51 Å². The number of carbonyl (C=O) groups is 1. The minimum Gasteiger partial charge on any atom is -0.358 e. The summed E-state index contributed by atoms with van der Waals surface area (Å²) in [6.45, 7) is 2.48. The van der Waals surface area contributed by atoms with Gasteiger partial charge in [0.05, 0.1) is 13.1 Å². The summed E-state index contributed by atoms with van der Waals surface area (Å²) in [5.41, 5.74) is 1.61. The van der Waals surface area contributed by atoms with Crippen molar-refractivity contribution in [2.24, 2.45) is 5.92 Å². The summed E-state index contributed by atoms with van der Waals surface area (Å²) in [6, 6.07) is 0. The lowest BCUT2D eigenvalue weighted by molar-refractivity contribution is -0.139. The summed E-state index contributed by atoms with van der Waals surface area (Å²) < 4.78 is 6.03. The quantitative estimate of drug-likeness (QED) is 0.890. The lowest BCUT2D eigenvalue weighted by atomic mass is 9.91. The van der Waals surface area contributed by atoms with Gasteiger partial charge in [0.15, 0.2) is 0 Å². The molecule has 1 N–H and O–H groups in total. The van der Waals surface area contributed by atoms with Crippen LogP contribution in [0.5, 0.6) is 0 Å². The number of nitrogens with one attached hydrogen (secondary N) is 1. The SMILES string of the molecule is O=C(NCC1CC1)[C@@H]1CCC2(CN(c3nncs3)C2)O1. The van der Waals surface area contributed by atoms with E-state index in [1.807, 2.05) is 0 Å². The fourth-order valence-electron chi connectivity index (χ4n) is 3.00. The topological polar surface area (TPSA) is 67.4 Å². The standard InChI is InChI=1S/C13H18N4O2S/c18-11(14-5-9-1-2-9)10-3-4-13(19-10)6-17(7-13)12-16-15-8-20-12/h8-10H,1-7H2,(H,14,18)/t10-/m0/s1. The van der Waals surface area contributed by atoms with Crippen LogP contribution < -0.4 is 10.2 Å². The Morgan fingerprint density at radius 3 is 3.05 bits per heavy atom. The smallest absolute Gasteiger partial charge is 0.249 e. The van der Waals surface area contributed by atoms with Crippen LogP contribution in [0.1, 0.15) is 25.7 Å². The number of hydrogen-bond donors (Lipinski definition) is 1. The first kappa shape index (κ1) is 12.5. The van der Waals surface area contributed by atoms with Crippen molar-refractivity contribution in [2.45, 2.75) is 37.4 Å². The van der Waals surface area contributed by atoms with E-state index < -0.39 is 0 Å². The molecule has 20 heavy (non-hydrogen) atoms. The summed E-state index contributed by atoms with van der Waals surface area (Å²) in [5.74, 6) is 0.786. The molecular formula is C13H18N4O2S. The van der Waals surface area contributed by atoms with E-state index in [-0.39, 0.29) is 17.6 Å². The largest absolute Gasteiger partial charge is 0.358 e. The van der Waals surface area contributed by atoms with Gasteiger partial charge in [0.25, 0.3) is 0 Å². The molecule has 2 aliphatic heterocycles. The summed E-state index contributed by atoms with van der Waals surface area (Å²) in [5, 5.41) is 11.9. The van der Waals surface area contributed by atoms with Crippen molar-refractivity contribution >= 4 is 22.4 Å². The molecule has 1 aliphatic carbocycles. The van der Waals surface area contributed by atoms with Crippen LogP contribution in [0.25, 0.3) is 0 Å². The van der Waals surface area contributed by atoms with Crippen LogP contribution in [0.4, 0.5) is 5.13 Å². The summed E-state index contributed by atoms with van der Waals surface area (Å²) in [7, 11) is 0. The van der Waals surface area contributed by atoms with Gasteiger partial charge in [-0.05, 0) is 31.6 Å². The first-order chi connectivity index (χ1) is 9.74. The molecule has 3 fully saturated rings. The Balaban J connectivity index is 1.29. The van der Waals surface area contributed by atoms with E-state index in [9.17, 15) is 4.79 Å². The van der Waals surface area contributed by atoms with Crippen molar-refractivity contribution in [3.63, 3.8) is 0 Å². The number of carbonyl (C=O) groups excluding carboxylic acids is 1. The molecule has 2 saturated heterocycles. The van der Waals surface area contributed by atoms with Crippen molar-refractivity contribution in [2.75, 3.05) is 24.5 Å². The number of ether oxygens (including phenoxy) is 1. The van der Waals surface area contributed by atoms with Gasteiger partial charge < -0.3 is 15.0 Å². The van der Waals surface area contributed by atoms with Crippen molar-refractivity contribution < 1.29 is 9.53 Å². The second kappa shape index (κ2) is 4.66. The van der Waals surface area contributed by atoms with Gasteiger partial charge >= 0.3 is 0 Å². The van der Waals surface area contributed by atoms with Gasteiger partial charge in [-0.1, -0.05) is 11.3 Å². The highest BCUT2D eigenvalue weighted by molar-refractivity contribution is 7.13. The Hall–Kier alpha value is -1.21. The molecule has 1 aromatic heterocycles. The Morgan fingerprint density at radius 1 is 1.50 bits per heavy atom. The predicted octanol–water partition coefficient (Wildman–Crippen LogP) is 0.802. The number of hydrogen-bond acceptors (Lipinski definition) is 6. The number of aromatic nitrogens is 2. The summed E-state index contributed by atoms with van der Waals surface area (Å²) in [4.78, 5) is 14.2. The van der Waals surface area contributed by atoms with Gasteiger partial charge in [-0.25, -0.2) is 0 Å². The van der Waals surface area contributed by atoms with Crippen molar-refractivity contribution in [1.29, 1.82) is 0 Å². The molecule has 1 atom stereocenters. The fraction of sp³-hybridized carbons (Fsp3) is 0.769. The first-order valence-electron chi connectivity index (χ1n) is 7.21. The zero-order valence-electron chi connectivity index (χ0n) is 11.2. The number of amides is 1. The van der Waals surface area contributed by atoms with Gasteiger partial charge in [-0.15, -0.1) is 10.2 Å². The van der Waals surface area contributed by atoms with E-state index in [1.54, 1.807) is 16.8 Å². The third-order valence-electron chi connectivity index (χ3n) is 4.39. The number of rotatable bonds is 4. The van der Waals surface area contributed by atoms with Gasteiger partial charge in [0.1, 0.15) is 17.2 Å². The molecule has 108 valence electrons. The second-order valence-corrected chi connectivity index (χ2v) is 6.91. The lowest BCUT2D eigenvalue weighted by Gasteiger charge is -2.47. The van der Waals surface area contributed by atoms with Gasteiger partial charge in [0, 0.05) is 6.54 Å². The van der Waals surface area contributed by atoms with Crippen molar-refractivity contribution in [1.82, 2.24) is 15.5 Å². The molecular weight excluding hydrogens is 276 g/mol. The molecule has 1 aromatic rings. The van der Waals surface area contributed by atoms with Crippen molar-refractivity contribution in [3.8, 4) is 0 Å². The highest BCUT2D eigenvalue weighted by Crippen LogP contribution is 2.40. The van der Waals surface area contributed by atoms with E-state index >= 15 is 0 Å². The van der Waals surface area contributed by atoms with Crippen LogP contribution >= 0.6 is 11.3 Å². The highest BCUT2D eigenvalue weighted by atomic mass is 32.1. The molecule has 3 heterocycles. The highest BCUT2D eigenvalue weighted by Gasteiger charge is 2.51. The van der Waals surface area contributed by atoms with Crippen LogP contribution in [-0.4, -0.2) is 47.4 Å². The molecule has 7 heteroatoms. The molecule has 0 aromatic carbocycles. The van der Waals surface area contributed by atoms with Gasteiger partial charge in [0.2, 0.25) is 11.0 Å². The maximum atomic E-state index is 12.0. The molecule has 0 unspecified atom stereocenters. The zero-order valence-corrected chi connectivity index (χ0v) is 12.1. The molecule has 0 bridgehead atoms. The first-order valence-corrected chi connectivity index (χ1v) is 8.09. The third-order valence-corrected chi connectivity index (χ3v) is 5.14. The van der Waals surface area contributed by atoms with Crippen LogP contribution in [0.3, 0.4) is 0 Å². The minimum atomic E-state index is -0.259. The van der Waals surface area contributed by atoms with E-state index in [0.29, 0.717) is 5.92 Å². The van der Waals surface area contributed by atoms with Crippen LogP contribution in [-0.2, 0) is 9.53 Å². The van der Waals surface area contributed by atoms with E-state index in [2.05, 4.69) is 20.4 Å². The van der Waals surface area contributed by atoms with Gasteiger partial charge in [-0.2, -0.15) is 0 Å². The average molecular weight is 294 g/mol. The normalized spacial score (nSPS) is 27.6. The third kappa shape index (κ3) is 2.29. The van der Waals surface area contributed by atoms with Crippen LogP contribution in [0, 0.1) is 5.92 Å². The predicted molar refractivity (Wildman–Crippen MR) is 74.7 cm³/mol. The average Bonchev–Trinajstić information content (AvgIpc) is 2.92. The number of nitrogens with zero attached hydrogens (tertiary/aromatic N) is 3. The molecule has 0 radical (unpaired) electrons. The maximum Gasteiger partial charge on any atom is 0.249 e. The Kier molecular flexibility index (Phi) is 2.92. The van der Waals surface area contributed by atoms with Gasteiger partial charge in [-0.3, -0.25) is 4.79 Å². The van der Waals surface area contributed by atoms with E-state index in [4.69, 9.17) is 4.74 Å². The van der Waals surface area contributed by atoms with E-state index in [0.717, 1.165) is 37.6 Å². The molecule has 1 amide bonds. The van der Waals surface area contributed by atoms with Crippen molar-refractivity contribution in [3.05, 3.63) is 5.51 Å². The molecule has 3 aliphatic rings. The Bertz CT molecular complexity index is 496. The molecule has 1 spiro atoms. The zero-order chi connectivity index (χ0) is 13.6. The van der Waals surface area contributed by atoms with E-state index in [1.165, 1.54) is 12.8 Å². The number of anilines is 1. The monoisotopic (exact) mass is 294 g/mol. The fourth-order valence-corrected chi connectivity index (χ4v) is 3.56. The minimum absolute atomic E-state index is 0.0724. The lowest BCUT2D eigenvalue weighted by Crippen LogP contribution is -2.62. The maximum absolute atomic E-state index is 12.0. The second-order valence-electron chi connectivity index (χ2n) is 6.09. The Morgan fingerprint density at radius 2 is 2.35 bits per heavy atom. The molecule has 6 nitrogen and oxygen atoms in total. The molecule has 1 saturated carbocycles. The molecule has 4 rings (SSSR count). The summed E-state index contributed by atoms with van der Waals surface area (Å²) in [6.07, 6.45) is 4.05.